The van der Waals surface area contributed by atoms with Crippen LogP contribution in [-0.4, -0.2) is 83.0 Å². The molecule has 0 bridgehead atoms. The zero-order chi connectivity index (χ0) is 25.6. The molecule has 3 atom stereocenters. The number of carbonyl (C=O) groups excluding carboxylic acids is 4. The number of aliphatic carboxylic acids is 2. The van der Waals surface area contributed by atoms with Crippen LogP contribution < -0.4 is 38.9 Å². The van der Waals surface area contributed by atoms with Gasteiger partial charge in [0.1, 0.15) is 12.1 Å². The Morgan fingerprint density at radius 1 is 0.879 bits per heavy atom. The van der Waals surface area contributed by atoms with Gasteiger partial charge in [0.15, 0.2) is 5.96 Å². The van der Waals surface area contributed by atoms with Gasteiger partial charge in [0, 0.05) is 13.0 Å². The normalized spacial score (nSPS) is 13.0. The van der Waals surface area contributed by atoms with Crippen molar-refractivity contribution in [3.8, 4) is 0 Å². The van der Waals surface area contributed by atoms with E-state index in [2.05, 4.69) is 15.6 Å². The zero-order valence-electron chi connectivity index (χ0n) is 17.8. The van der Waals surface area contributed by atoms with Crippen LogP contribution in [0.1, 0.15) is 32.1 Å². The minimum atomic E-state index is -1.64. The van der Waals surface area contributed by atoms with E-state index < -0.39 is 66.7 Å². The maximum Gasteiger partial charge on any atom is 0.326 e. The first-order valence-corrected chi connectivity index (χ1v) is 9.74. The van der Waals surface area contributed by atoms with E-state index >= 15 is 0 Å². The lowest BCUT2D eigenvalue weighted by atomic mass is 10.1. The Bertz CT molecular complexity index is 768. The van der Waals surface area contributed by atoms with Gasteiger partial charge < -0.3 is 49.1 Å². The minimum Gasteiger partial charge on any atom is -0.481 e. The maximum atomic E-state index is 12.3. The molecule has 0 rings (SSSR count). The van der Waals surface area contributed by atoms with Crippen LogP contribution in [0, 0.1) is 0 Å². The molecule has 13 N–H and O–H groups in total. The summed E-state index contributed by atoms with van der Waals surface area (Å²) in [4.78, 5) is 73.2. The number of amides is 4. The lowest BCUT2D eigenvalue weighted by Crippen LogP contribution is -2.54. The van der Waals surface area contributed by atoms with Crippen molar-refractivity contribution in [1.29, 1.82) is 0 Å². The lowest BCUT2D eigenvalue weighted by Gasteiger charge is -2.20. The fraction of sp³-hybridized carbons (Fsp3) is 0.588. The summed E-state index contributed by atoms with van der Waals surface area (Å²) in [5, 5.41) is 24.5. The largest absolute Gasteiger partial charge is 0.481 e. The number of carboxylic acids is 2. The van der Waals surface area contributed by atoms with Crippen molar-refractivity contribution in [2.75, 3.05) is 13.1 Å². The van der Waals surface area contributed by atoms with Gasteiger partial charge in [0.25, 0.3) is 0 Å². The number of aliphatic imine (C=N–C) groups is 1. The topological polar surface area (TPSA) is 295 Å². The number of nitrogens with one attached hydrogen (secondary N) is 3. The van der Waals surface area contributed by atoms with E-state index in [1.165, 1.54) is 0 Å². The molecule has 0 aliphatic rings. The summed E-state index contributed by atoms with van der Waals surface area (Å²) < 4.78 is 0. The fourth-order valence-electron chi connectivity index (χ4n) is 2.39. The summed E-state index contributed by atoms with van der Waals surface area (Å²) in [6.45, 7) is -0.361. The highest BCUT2D eigenvalue weighted by molar-refractivity contribution is 5.94. The molecule has 186 valence electrons. The Hall–Kier alpha value is -3.95. The number of rotatable bonds is 16. The Morgan fingerprint density at radius 3 is 2.03 bits per heavy atom. The molecule has 0 aromatic carbocycles. The van der Waals surface area contributed by atoms with Crippen molar-refractivity contribution in [3.63, 3.8) is 0 Å². The highest BCUT2D eigenvalue weighted by Gasteiger charge is 2.28. The lowest BCUT2D eigenvalue weighted by molar-refractivity contribution is -0.143. The molecule has 0 spiro atoms. The highest BCUT2D eigenvalue weighted by atomic mass is 16.4. The van der Waals surface area contributed by atoms with E-state index in [9.17, 15) is 28.8 Å². The Balaban J connectivity index is 4.82. The van der Waals surface area contributed by atoms with Gasteiger partial charge >= 0.3 is 11.9 Å². The van der Waals surface area contributed by atoms with Crippen molar-refractivity contribution in [2.24, 2.45) is 27.9 Å². The molecule has 0 heterocycles. The molecule has 3 unspecified atom stereocenters. The molecule has 0 radical (unpaired) electrons. The van der Waals surface area contributed by atoms with Crippen LogP contribution in [0.15, 0.2) is 4.99 Å². The molecule has 0 aromatic rings. The van der Waals surface area contributed by atoms with Gasteiger partial charge in [-0.1, -0.05) is 0 Å². The molecular formula is C17H30N8O8. The second-order valence-electron chi connectivity index (χ2n) is 6.90. The number of hydrogen-bond acceptors (Lipinski definition) is 8. The van der Waals surface area contributed by atoms with E-state index in [-0.39, 0.29) is 31.8 Å². The monoisotopic (exact) mass is 474 g/mol. The fourth-order valence-corrected chi connectivity index (χ4v) is 2.39. The molecule has 4 amide bonds. The summed E-state index contributed by atoms with van der Waals surface area (Å²) >= 11 is 0. The van der Waals surface area contributed by atoms with Crippen molar-refractivity contribution in [3.05, 3.63) is 0 Å². The SMILES string of the molecule is NC(=O)CCC(NC(=O)C(CC(=O)O)NC(=O)CNC(=O)C(N)CCCN=C(N)N)C(=O)O. The van der Waals surface area contributed by atoms with Crippen molar-refractivity contribution < 1.29 is 39.0 Å². The first kappa shape index (κ1) is 29.0. The third kappa shape index (κ3) is 13.9. The molecule has 0 aliphatic carbocycles. The zero-order valence-corrected chi connectivity index (χ0v) is 17.8. The van der Waals surface area contributed by atoms with Crippen LogP contribution in [0.25, 0.3) is 0 Å². The number of guanidine groups is 1. The van der Waals surface area contributed by atoms with Gasteiger partial charge in [-0.25, -0.2) is 4.79 Å². The number of nitrogens with zero attached hydrogens (tertiary/aromatic N) is 1. The van der Waals surface area contributed by atoms with Crippen LogP contribution >= 0.6 is 0 Å². The molecule has 0 saturated carbocycles. The predicted octanol–water partition coefficient (Wildman–Crippen LogP) is -4.72. The van der Waals surface area contributed by atoms with E-state index in [0.717, 1.165) is 0 Å². The van der Waals surface area contributed by atoms with Gasteiger partial charge in [-0.2, -0.15) is 0 Å². The van der Waals surface area contributed by atoms with E-state index in [1.54, 1.807) is 0 Å². The standard InChI is InChI=1S/C17H30N8O8/c18-8(2-1-5-22-17(20)21)14(30)23-7-12(27)24-10(6-13(28)29)15(31)25-9(16(32)33)3-4-11(19)26/h8-10H,1-7,18H2,(H2,19,26)(H,23,30)(H,24,27)(H,25,31)(H,28,29)(H,32,33)(H4,20,21,22). The summed E-state index contributed by atoms with van der Waals surface area (Å²) in [5.74, 6) is -6.53. The van der Waals surface area contributed by atoms with Crippen LogP contribution in [0.3, 0.4) is 0 Å². The predicted molar refractivity (Wildman–Crippen MR) is 113 cm³/mol. The summed E-state index contributed by atoms with van der Waals surface area (Å²) in [5.41, 5.74) is 21.0. The summed E-state index contributed by atoms with van der Waals surface area (Å²) in [6.07, 6.45) is -0.916. The molecule has 0 aliphatic heterocycles. The highest BCUT2D eigenvalue weighted by Crippen LogP contribution is 2.01. The Morgan fingerprint density at radius 2 is 1.52 bits per heavy atom. The number of nitrogens with two attached hydrogens (primary N) is 4. The van der Waals surface area contributed by atoms with Gasteiger partial charge in [-0.05, 0) is 19.3 Å². The first-order valence-electron chi connectivity index (χ1n) is 9.74. The summed E-state index contributed by atoms with van der Waals surface area (Å²) in [7, 11) is 0. The molecular weight excluding hydrogens is 444 g/mol. The third-order valence-corrected chi connectivity index (χ3v) is 4.05. The third-order valence-electron chi connectivity index (χ3n) is 4.05. The molecule has 0 fully saturated rings. The number of primary amides is 1. The number of carboxylic acid groups (broad SMARTS) is 2. The van der Waals surface area contributed by atoms with E-state index in [1.807, 2.05) is 5.32 Å². The first-order chi connectivity index (χ1) is 15.3. The van der Waals surface area contributed by atoms with Gasteiger partial charge in [-0.3, -0.25) is 29.0 Å². The van der Waals surface area contributed by atoms with Crippen LogP contribution in [-0.2, 0) is 28.8 Å². The van der Waals surface area contributed by atoms with Gasteiger partial charge in [-0.15, -0.1) is 0 Å². The number of hydrogen-bond donors (Lipinski definition) is 9. The van der Waals surface area contributed by atoms with Crippen LogP contribution in [0.2, 0.25) is 0 Å². The maximum absolute atomic E-state index is 12.3. The number of carbonyl (C=O) groups is 6. The minimum absolute atomic E-state index is 0.104. The smallest absolute Gasteiger partial charge is 0.326 e. The second kappa shape index (κ2) is 15.0. The molecule has 0 saturated heterocycles. The Kier molecular flexibility index (Phi) is 13.2. The van der Waals surface area contributed by atoms with Crippen molar-refractivity contribution in [2.45, 2.75) is 50.2 Å². The summed E-state index contributed by atoms with van der Waals surface area (Å²) in [6, 6.07) is -4.14. The van der Waals surface area contributed by atoms with Crippen molar-refractivity contribution in [1.82, 2.24) is 16.0 Å². The average Bonchev–Trinajstić information content (AvgIpc) is 2.70. The van der Waals surface area contributed by atoms with Crippen molar-refractivity contribution >= 4 is 41.5 Å². The Labute approximate surface area is 188 Å². The van der Waals surface area contributed by atoms with Crippen LogP contribution in [0.5, 0.6) is 0 Å². The van der Waals surface area contributed by atoms with E-state index in [4.69, 9.17) is 33.1 Å². The second-order valence-corrected chi connectivity index (χ2v) is 6.90. The molecule has 0 aromatic heterocycles. The molecule has 16 heteroatoms. The van der Waals surface area contributed by atoms with Gasteiger partial charge in [0.2, 0.25) is 23.6 Å². The molecule has 33 heavy (non-hydrogen) atoms. The van der Waals surface area contributed by atoms with E-state index in [0.29, 0.717) is 6.42 Å². The van der Waals surface area contributed by atoms with Crippen LogP contribution in [0.4, 0.5) is 0 Å². The van der Waals surface area contributed by atoms with Gasteiger partial charge in [0.05, 0.1) is 19.0 Å². The quantitative estimate of drug-likeness (QED) is 0.0581. The molecule has 16 nitrogen and oxygen atoms in total. The average molecular weight is 474 g/mol.